The van der Waals surface area contributed by atoms with Crippen molar-refractivity contribution in [3.05, 3.63) is 116 Å². The Hall–Kier alpha value is -6.19. The number of nitrogens with zero attached hydrogens (tertiary/aromatic N) is 4. The third kappa shape index (κ3) is 5.99. The number of hydrogen-bond donors (Lipinski definition) is 4. The first-order valence-electron chi connectivity index (χ1n) is 14.4. The van der Waals surface area contributed by atoms with Crippen molar-refractivity contribution in [1.82, 2.24) is 0 Å². The lowest BCUT2D eigenvalue weighted by Gasteiger charge is -2.20. The summed E-state index contributed by atoms with van der Waals surface area (Å²) in [6, 6.07) is 17.2. The smallest absolute Gasteiger partial charge is 0.296 e. The van der Waals surface area contributed by atoms with Gasteiger partial charge in [-0.1, -0.05) is 19.1 Å². The highest BCUT2D eigenvalue weighted by molar-refractivity contribution is 7.91. The summed E-state index contributed by atoms with van der Waals surface area (Å²) in [5.41, 5.74) is 7.64. The van der Waals surface area contributed by atoms with E-state index in [9.17, 15) is 40.3 Å². The van der Waals surface area contributed by atoms with Crippen molar-refractivity contribution in [2.75, 3.05) is 11.2 Å². The number of carbonyl (C=O) groups is 3. The minimum atomic E-state index is -5.20. The molecule has 0 radical (unpaired) electrons. The van der Waals surface area contributed by atoms with Gasteiger partial charge in [0.2, 0.25) is 5.78 Å². The first-order chi connectivity index (χ1) is 23.6. The molecule has 0 unspecified atom stereocenters. The fourth-order valence-electron chi connectivity index (χ4n) is 5.42. The van der Waals surface area contributed by atoms with Crippen molar-refractivity contribution in [2.24, 2.45) is 15.3 Å². The van der Waals surface area contributed by atoms with Gasteiger partial charge < -0.3 is 5.73 Å². The van der Waals surface area contributed by atoms with Crippen LogP contribution < -0.4 is 11.2 Å². The number of Topliss-reactive ketones (excluding diaryl/α,β-unsaturated/α-hetero) is 1. The number of hydrogen-bond acceptors (Lipinski definition) is 13. The molecule has 0 heterocycles. The second-order valence-electron chi connectivity index (χ2n) is 11.0. The number of hydrazone groups is 1. The van der Waals surface area contributed by atoms with Gasteiger partial charge in [0.05, 0.1) is 34.3 Å². The molecule has 0 aliphatic heterocycles. The topological polar surface area (TPSA) is 259 Å². The summed E-state index contributed by atoms with van der Waals surface area (Å²) in [4.78, 5) is 38.4. The predicted octanol–water partition coefficient (Wildman–Crippen LogP) is 5.03. The number of carbonyl (C=O) groups excluding carboxylic acids is 3. The summed E-state index contributed by atoms with van der Waals surface area (Å²) in [6.07, 6.45) is 1.39. The number of nitrogens with one attached hydrogen (secondary N) is 1. The summed E-state index contributed by atoms with van der Waals surface area (Å²) in [5, 5.41) is 20.6. The minimum absolute atomic E-state index is 0.0297. The Bertz CT molecular complexity index is 2570. The van der Waals surface area contributed by atoms with Crippen molar-refractivity contribution in [3.8, 4) is 6.07 Å². The van der Waals surface area contributed by atoms with Crippen LogP contribution >= 0.6 is 0 Å². The van der Waals surface area contributed by atoms with Gasteiger partial charge in [-0.3, -0.25) is 28.9 Å². The number of azo groups is 1. The Balaban J connectivity index is 1.42. The fourth-order valence-corrected chi connectivity index (χ4v) is 6.75. The molecule has 0 saturated heterocycles. The van der Waals surface area contributed by atoms with E-state index in [4.69, 9.17) is 11.0 Å². The van der Waals surface area contributed by atoms with Crippen molar-refractivity contribution in [2.45, 2.75) is 18.2 Å². The van der Waals surface area contributed by atoms with Gasteiger partial charge in [-0.15, -0.1) is 5.11 Å². The molecule has 250 valence electrons. The molecular weight excluding hydrogens is 689 g/mol. The van der Waals surface area contributed by atoms with E-state index in [-0.39, 0.29) is 39.4 Å². The van der Waals surface area contributed by atoms with Gasteiger partial charge in [-0.05, 0) is 78.2 Å². The summed E-state index contributed by atoms with van der Waals surface area (Å²) >= 11 is 0. The average molecular weight is 711 g/mol. The van der Waals surface area contributed by atoms with Crippen molar-refractivity contribution < 1.29 is 40.3 Å². The molecule has 4 aromatic rings. The molecule has 0 spiro atoms. The number of ketones is 3. The van der Waals surface area contributed by atoms with Gasteiger partial charge in [-0.2, -0.15) is 32.3 Å². The highest BCUT2D eigenvalue weighted by Crippen LogP contribution is 2.41. The highest BCUT2D eigenvalue weighted by atomic mass is 32.2. The van der Waals surface area contributed by atoms with Crippen LogP contribution in [0.4, 0.5) is 22.7 Å². The second kappa shape index (κ2) is 12.4. The van der Waals surface area contributed by atoms with Crippen molar-refractivity contribution in [1.29, 1.82) is 5.26 Å². The van der Waals surface area contributed by atoms with Crippen LogP contribution in [-0.4, -0.2) is 49.0 Å². The Labute approximate surface area is 284 Å². The lowest BCUT2D eigenvalue weighted by atomic mass is 9.83. The largest absolute Gasteiger partial charge is 0.396 e. The number of fused-ring (bicyclic) bond motifs is 3. The zero-order valence-corrected chi connectivity index (χ0v) is 27.2. The number of allylic oxidation sites excluding steroid dienone is 1. The van der Waals surface area contributed by atoms with Crippen LogP contribution in [0.25, 0.3) is 6.08 Å². The van der Waals surface area contributed by atoms with E-state index in [0.717, 1.165) is 17.7 Å². The van der Waals surface area contributed by atoms with Gasteiger partial charge >= 0.3 is 0 Å². The summed E-state index contributed by atoms with van der Waals surface area (Å²) in [5.74, 6) is -2.01. The molecule has 0 saturated carbocycles. The van der Waals surface area contributed by atoms with Crippen LogP contribution in [0.1, 0.15) is 65.8 Å². The van der Waals surface area contributed by atoms with Crippen LogP contribution in [0.5, 0.6) is 0 Å². The molecule has 2 aliphatic carbocycles. The third-order valence-corrected chi connectivity index (χ3v) is 9.63. The summed E-state index contributed by atoms with van der Waals surface area (Å²) in [6.45, 7) is 1.91. The number of anilines is 2. The fraction of sp³-hybridized carbons (Fsp3) is 0.0606. The van der Waals surface area contributed by atoms with Gasteiger partial charge in [0.15, 0.2) is 17.3 Å². The number of nitrogen functional groups attached to an aromatic ring is 1. The van der Waals surface area contributed by atoms with Crippen molar-refractivity contribution in [3.63, 3.8) is 0 Å². The Kier molecular flexibility index (Phi) is 8.33. The lowest BCUT2D eigenvalue weighted by Crippen LogP contribution is -2.28. The van der Waals surface area contributed by atoms with Crippen molar-refractivity contribution >= 4 is 72.1 Å². The molecule has 0 fully saturated rings. The van der Waals surface area contributed by atoms with E-state index in [1.54, 1.807) is 18.2 Å². The van der Waals surface area contributed by atoms with E-state index in [1.165, 1.54) is 42.5 Å². The normalized spacial score (nSPS) is 15.0. The zero-order valence-electron chi connectivity index (χ0n) is 25.6. The molecular formula is C33H22N6O9S2. The lowest BCUT2D eigenvalue weighted by molar-refractivity contribution is 0.0979. The zero-order chi connectivity index (χ0) is 36.1. The van der Waals surface area contributed by atoms with Gasteiger partial charge in [0.25, 0.3) is 20.2 Å². The molecule has 0 atom stereocenters. The number of rotatable bonds is 7. The minimum Gasteiger partial charge on any atom is -0.396 e. The molecule has 0 aromatic heterocycles. The first-order valence-corrected chi connectivity index (χ1v) is 17.3. The highest BCUT2D eigenvalue weighted by Gasteiger charge is 2.37. The molecule has 2 aliphatic rings. The number of nitriles is 1. The van der Waals surface area contributed by atoms with E-state index in [1.807, 2.05) is 13.0 Å². The monoisotopic (exact) mass is 710 g/mol. The molecule has 17 heteroatoms. The molecule has 50 heavy (non-hydrogen) atoms. The second-order valence-corrected chi connectivity index (χ2v) is 13.8. The average Bonchev–Trinajstić information content (AvgIpc) is 3.08. The molecule has 5 N–H and O–H groups in total. The van der Waals surface area contributed by atoms with Crippen LogP contribution in [0.3, 0.4) is 0 Å². The number of benzene rings is 4. The predicted molar refractivity (Wildman–Crippen MR) is 180 cm³/mol. The van der Waals surface area contributed by atoms with E-state index in [0.29, 0.717) is 12.0 Å². The molecule has 6 rings (SSSR count). The van der Waals surface area contributed by atoms with Crippen LogP contribution in [-0.2, 0) is 26.7 Å². The third-order valence-electron chi connectivity index (χ3n) is 7.90. The van der Waals surface area contributed by atoms with Crippen LogP contribution in [0, 0.1) is 11.3 Å². The summed E-state index contributed by atoms with van der Waals surface area (Å²) in [7, 11) is -10.3. The quantitative estimate of drug-likeness (QED) is 0.0750. The van der Waals surface area contributed by atoms with E-state index >= 15 is 0 Å². The van der Waals surface area contributed by atoms with Gasteiger partial charge in [-0.25, -0.2) is 0 Å². The van der Waals surface area contributed by atoms with E-state index < -0.39 is 69.8 Å². The molecule has 0 amide bonds. The van der Waals surface area contributed by atoms with E-state index in [2.05, 4.69) is 20.8 Å². The molecule has 4 aromatic carbocycles. The summed E-state index contributed by atoms with van der Waals surface area (Å²) < 4.78 is 69.5. The SMILES string of the molecule is CCc1ccc2c(c1)C(=O)c1ccc(N/N=C3\C(=O)c4c(cc(S(=O)(=O)O)c(N=Nc5ccc(C#N)cc5)c4N)C=C3S(=O)(=O)O)cc1C2=O. The van der Waals surface area contributed by atoms with Gasteiger partial charge in [0, 0.05) is 22.3 Å². The first kappa shape index (κ1) is 33.7. The Morgan fingerprint density at radius 2 is 1.44 bits per heavy atom. The van der Waals surface area contributed by atoms with Crippen LogP contribution in [0.2, 0.25) is 0 Å². The maximum atomic E-state index is 13.8. The number of aryl methyl sites for hydroxylation is 1. The maximum absolute atomic E-state index is 13.8. The Morgan fingerprint density at radius 3 is 2.04 bits per heavy atom. The molecule has 0 bridgehead atoms. The van der Waals surface area contributed by atoms with Gasteiger partial charge in [0.1, 0.15) is 15.5 Å². The molecule has 15 nitrogen and oxygen atoms in total. The standard InChI is InChI=1S/C33H22N6O9S2/c1-2-16-5-9-21-23(11-16)31(40)22-10-8-20(14-24(22)32(21)41)37-39-30-26(50(46,47)48)13-18-12-25(49(43,44)45)29(28(35)27(18)33(30)42)38-36-19-6-3-17(15-34)4-7-19/h3-14,37H,2,35H2,1H3,(H,43,44,45)(H,46,47,48)/b38-36?,39-30-. The number of nitrogens with two attached hydrogens (primary N) is 1. The van der Waals surface area contributed by atoms with Crippen LogP contribution in [0.15, 0.2) is 91.9 Å². The Morgan fingerprint density at radius 1 is 0.800 bits per heavy atom. The maximum Gasteiger partial charge on any atom is 0.296 e.